The molecule has 48 heavy (non-hydrogen) atoms. The molecular weight excluding hydrogens is 627 g/mol. The Balaban J connectivity index is 0.000000804. The van der Waals surface area contributed by atoms with Gasteiger partial charge in [-0.3, -0.25) is 20.7 Å². The maximum absolute atomic E-state index is 13.5. The van der Waals surface area contributed by atoms with Gasteiger partial charge in [0.1, 0.15) is 11.7 Å². The standard InChI is InChI=1S/C34H33N3O4.C2HF3O2/c1-40-29-18-16-26(17-19-29)25-12-14-27(15-13-25)33(38)37-31(20-11-23-7-4-3-5-8-23)30(34(39)41-2)22-24-9-6-10-28(21-24)32(35)36;3-2(4,5)1(6)7/h3-21,30-31H,22H2,1-2H3,(H3,35,36)(H,37,38);(H,6,7)/b20-11+;/t30-,31-;/m1./s1. The molecular formula is C36H34F3N3O6. The van der Waals surface area contributed by atoms with Gasteiger partial charge in [0.25, 0.3) is 11.7 Å². The van der Waals surface area contributed by atoms with Crippen LogP contribution in [-0.4, -0.2) is 50.1 Å². The maximum atomic E-state index is 13.5. The number of amides is 1. The van der Waals surface area contributed by atoms with Crippen LogP contribution in [-0.2, 0) is 20.7 Å². The number of methoxy groups -OCH3 is 2. The maximum Gasteiger partial charge on any atom is 0.430 e. The monoisotopic (exact) mass is 661 g/mol. The lowest BCUT2D eigenvalue weighted by atomic mass is 9.90. The number of hydrogen-bond acceptors (Lipinski definition) is 6. The number of benzene rings is 4. The van der Waals surface area contributed by atoms with Gasteiger partial charge in [-0.05, 0) is 65.1 Å². The molecule has 4 aromatic rings. The Morgan fingerprint density at radius 3 is 1.98 bits per heavy atom. The third-order valence-corrected chi connectivity index (χ3v) is 7.05. The van der Waals surface area contributed by atoms with Gasteiger partial charge in [0, 0.05) is 5.56 Å². The highest BCUT2D eigenvalue weighted by atomic mass is 19.4. The molecule has 0 aliphatic heterocycles. The average molecular weight is 662 g/mol. The van der Waals surface area contributed by atoms with E-state index in [4.69, 9.17) is 30.5 Å². The molecule has 4 rings (SSSR count). The van der Waals surface area contributed by atoms with E-state index in [1.54, 1.807) is 25.3 Å². The Hall–Kier alpha value is -5.91. The number of esters is 1. The summed E-state index contributed by atoms with van der Waals surface area (Å²) in [6.07, 6.45) is -1.18. The Bertz CT molecular complexity index is 1720. The number of carboxylic acid groups (broad SMARTS) is 1. The molecule has 4 aromatic carbocycles. The van der Waals surface area contributed by atoms with Crippen LogP contribution in [0.25, 0.3) is 17.2 Å². The molecule has 0 unspecified atom stereocenters. The first-order valence-corrected chi connectivity index (χ1v) is 14.4. The van der Waals surface area contributed by atoms with Crippen molar-refractivity contribution in [3.8, 4) is 16.9 Å². The van der Waals surface area contributed by atoms with Crippen LogP contribution in [0.15, 0.2) is 109 Å². The molecule has 0 spiro atoms. The average Bonchev–Trinajstić information content (AvgIpc) is 3.09. The number of carbonyl (C=O) groups excluding carboxylic acids is 3. The van der Waals surface area contributed by atoms with Crippen LogP contribution in [0.1, 0.15) is 27.0 Å². The smallest absolute Gasteiger partial charge is 0.430 e. The van der Waals surface area contributed by atoms with Gasteiger partial charge < -0.3 is 24.7 Å². The minimum absolute atomic E-state index is 0.188. The molecule has 2 atom stereocenters. The minimum atomic E-state index is -5.19. The lowest BCUT2D eigenvalue weighted by Crippen LogP contribution is -2.46. The lowest BCUT2D eigenvalue weighted by molar-refractivity contribution is -0.344. The second-order valence-corrected chi connectivity index (χ2v) is 10.3. The minimum Gasteiger partial charge on any atom is -0.542 e. The normalized spacial score (nSPS) is 12.2. The fourth-order valence-electron chi connectivity index (χ4n) is 4.53. The van der Waals surface area contributed by atoms with Crippen LogP contribution in [0.2, 0.25) is 0 Å². The van der Waals surface area contributed by atoms with Gasteiger partial charge >= 0.3 is 12.1 Å². The molecule has 0 aromatic heterocycles. The topological polar surface area (TPSA) is 156 Å². The largest absolute Gasteiger partial charge is 0.542 e. The summed E-state index contributed by atoms with van der Waals surface area (Å²) in [6, 6.07) is 31.4. The van der Waals surface area contributed by atoms with Gasteiger partial charge in [-0.2, -0.15) is 13.2 Å². The van der Waals surface area contributed by atoms with Gasteiger partial charge in [-0.1, -0.05) is 78.9 Å². The van der Waals surface area contributed by atoms with Gasteiger partial charge in [0.05, 0.1) is 31.7 Å². The van der Waals surface area contributed by atoms with Crippen LogP contribution in [0.3, 0.4) is 0 Å². The van der Waals surface area contributed by atoms with Crippen molar-refractivity contribution >= 4 is 29.8 Å². The third kappa shape index (κ3) is 10.9. The summed E-state index contributed by atoms with van der Waals surface area (Å²) in [5.41, 5.74) is 10.7. The highest BCUT2D eigenvalue weighted by Gasteiger charge is 2.30. The predicted molar refractivity (Wildman–Crippen MR) is 172 cm³/mol. The summed E-state index contributed by atoms with van der Waals surface area (Å²) in [5, 5.41) is 17.6. The zero-order chi connectivity index (χ0) is 35.3. The Morgan fingerprint density at radius 1 is 0.875 bits per heavy atom. The van der Waals surface area contributed by atoms with Crippen molar-refractivity contribution in [1.29, 1.82) is 0 Å². The second kappa shape index (κ2) is 17.1. The van der Waals surface area contributed by atoms with Crippen molar-refractivity contribution < 1.29 is 47.5 Å². The molecule has 0 aliphatic rings. The van der Waals surface area contributed by atoms with E-state index in [1.165, 1.54) is 7.11 Å². The van der Waals surface area contributed by atoms with Crippen molar-refractivity contribution in [2.45, 2.75) is 18.6 Å². The predicted octanol–water partition coefficient (Wildman–Crippen LogP) is 2.97. The third-order valence-electron chi connectivity index (χ3n) is 7.05. The number of hydrogen-bond donors (Lipinski definition) is 3. The van der Waals surface area contributed by atoms with Crippen LogP contribution < -0.4 is 26.3 Å². The lowest BCUT2D eigenvalue weighted by Gasteiger charge is -2.24. The fourth-order valence-corrected chi connectivity index (χ4v) is 4.53. The first kappa shape index (κ1) is 36.6. The summed E-state index contributed by atoms with van der Waals surface area (Å²) < 4.78 is 42.0. The summed E-state index contributed by atoms with van der Waals surface area (Å²) in [5.74, 6) is -3.51. The van der Waals surface area contributed by atoms with E-state index < -0.39 is 30.1 Å². The van der Waals surface area contributed by atoms with Crippen molar-refractivity contribution in [2.24, 2.45) is 11.7 Å². The van der Waals surface area contributed by atoms with E-state index in [-0.39, 0.29) is 11.7 Å². The number of amidine groups is 1. The number of halogens is 3. The first-order valence-electron chi connectivity index (χ1n) is 14.4. The Morgan fingerprint density at radius 2 is 1.46 bits per heavy atom. The number of nitrogens with two attached hydrogens (primary N) is 2. The Kier molecular flexibility index (Phi) is 13.0. The van der Waals surface area contributed by atoms with Crippen molar-refractivity contribution in [2.75, 3.05) is 14.2 Å². The SMILES string of the molecule is COC(=O)[C@H](Cc1cccc(C(N)=[NH2+])c1)[C@@H](/C=C/c1ccccc1)NC(=O)c1ccc(-c2ccc(OC)cc2)cc1.O=C([O-])C(F)(F)F. The fraction of sp³-hybridized carbons (Fsp3) is 0.167. The van der Waals surface area contributed by atoms with Crippen molar-refractivity contribution in [1.82, 2.24) is 5.32 Å². The van der Waals surface area contributed by atoms with Crippen LogP contribution in [0.4, 0.5) is 13.2 Å². The first-order chi connectivity index (χ1) is 22.8. The van der Waals surface area contributed by atoms with E-state index in [9.17, 15) is 22.8 Å². The van der Waals surface area contributed by atoms with Crippen LogP contribution >= 0.6 is 0 Å². The molecule has 0 bridgehead atoms. The molecule has 9 nitrogen and oxygen atoms in total. The number of rotatable bonds is 11. The number of aliphatic carboxylic acids is 1. The van der Waals surface area contributed by atoms with Gasteiger partial charge in [-0.15, -0.1) is 0 Å². The Labute approximate surface area is 275 Å². The van der Waals surface area contributed by atoms with E-state index >= 15 is 0 Å². The number of nitrogens with one attached hydrogen (secondary N) is 1. The second-order valence-electron chi connectivity index (χ2n) is 10.3. The molecule has 250 valence electrons. The van der Waals surface area contributed by atoms with Gasteiger partial charge in [0.15, 0.2) is 0 Å². The molecule has 0 radical (unpaired) electrons. The number of ether oxygens (including phenoxy) is 2. The van der Waals surface area contributed by atoms with Gasteiger partial charge in [-0.25, -0.2) is 0 Å². The molecule has 0 fully saturated rings. The highest BCUT2D eigenvalue weighted by Crippen LogP contribution is 2.24. The van der Waals surface area contributed by atoms with E-state index in [1.807, 2.05) is 97.1 Å². The number of alkyl halides is 3. The van der Waals surface area contributed by atoms with Crippen molar-refractivity contribution in [3.05, 3.63) is 131 Å². The van der Waals surface area contributed by atoms with E-state index in [0.29, 0.717) is 17.5 Å². The van der Waals surface area contributed by atoms with Crippen LogP contribution in [0.5, 0.6) is 5.75 Å². The summed E-state index contributed by atoms with van der Waals surface area (Å²) in [7, 11) is 2.97. The molecule has 5 N–H and O–H groups in total. The number of carbonyl (C=O) groups is 3. The quantitative estimate of drug-likeness (QED) is 0.127. The number of carboxylic acids is 1. The zero-order valence-electron chi connectivity index (χ0n) is 26.1. The summed E-state index contributed by atoms with van der Waals surface area (Å²) in [4.78, 5) is 35.3. The van der Waals surface area contributed by atoms with E-state index in [0.717, 1.165) is 28.0 Å². The van der Waals surface area contributed by atoms with Crippen LogP contribution in [0, 0.1) is 5.92 Å². The molecule has 0 saturated carbocycles. The zero-order valence-corrected chi connectivity index (χ0v) is 26.1. The molecule has 0 heterocycles. The molecule has 12 heteroatoms. The van der Waals surface area contributed by atoms with E-state index in [2.05, 4.69) is 5.32 Å². The van der Waals surface area contributed by atoms with Crippen molar-refractivity contribution in [3.63, 3.8) is 0 Å². The van der Waals surface area contributed by atoms with Gasteiger partial charge in [0.2, 0.25) is 0 Å². The molecule has 0 aliphatic carbocycles. The molecule has 1 amide bonds. The summed E-state index contributed by atoms with van der Waals surface area (Å²) in [6.45, 7) is 0. The summed E-state index contributed by atoms with van der Waals surface area (Å²) >= 11 is 0. The highest BCUT2D eigenvalue weighted by molar-refractivity contribution is 5.95. The molecule has 0 saturated heterocycles.